The Balaban J connectivity index is 1.28. The number of benzene rings is 2. The van der Waals surface area contributed by atoms with Gasteiger partial charge in [-0.05, 0) is 74.9 Å². The van der Waals surface area contributed by atoms with Gasteiger partial charge in [0.15, 0.2) is 0 Å². The molecule has 0 radical (unpaired) electrons. The summed E-state index contributed by atoms with van der Waals surface area (Å²) in [5, 5.41) is 14.2. The molecule has 1 unspecified atom stereocenters. The van der Waals surface area contributed by atoms with E-state index in [1.165, 1.54) is 12.1 Å². The summed E-state index contributed by atoms with van der Waals surface area (Å²) >= 11 is 0. The number of nitrogens with zero attached hydrogens (tertiary/aromatic N) is 3. The number of hydrogen-bond acceptors (Lipinski definition) is 5. The first-order valence-corrected chi connectivity index (χ1v) is 11.3. The largest absolute Gasteiger partial charge is 0.360 e. The minimum atomic E-state index is -0.336. The van der Waals surface area contributed by atoms with Gasteiger partial charge in [0.2, 0.25) is 0 Å². The molecule has 0 saturated carbocycles. The Bertz CT molecular complexity index is 1260. The van der Waals surface area contributed by atoms with Gasteiger partial charge in [-0.2, -0.15) is 5.10 Å². The predicted molar refractivity (Wildman–Crippen MR) is 126 cm³/mol. The second-order valence-corrected chi connectivity index (χ2v) is 8.98. The van der Waals surface area contributed by atoms with Gasteiger partial charge >= 0.3 is 0 Å². The molecule has 1 amide bonds. The molecule has 3 aromatic rings. The number of rotatable bonds is 4. The molecule has 0 aliphatic carbocycles. The van der Waals surface area contributed by atoms with Gasteiger partial charge in [-0.25, -0.2) is 4.39 Å². The average molecular weight is 445 g/mol. The van der Waals surface area contributed by atoms with Crippen molar-refractivity contribution in [2.75, 3.05) is 30.8 Å². The van der Waals surface area contributed by atoms with E-state index in [0.29, 0.717) is 17.3 Å². The highest BCUT2D eigenvalue weighted by Crippen LogP contribution is 2.41. The summed E-state index contributed by atoms with van der Waals surface area (Å²) < 4.78 is 15.3. The number of piperidine rings is 1. The summed E-state index contributed by atoms with van der Waals surface area (Å²) in [5.74, 6) is -0.551. The fourth-order valence-corrected chi connectivity index (χ4v) is 4.71. The zero-order valence-corrected chi connectivity index (χ0v) is 18.3. The molecule has 2 saturated heterocycles. The lowest BCUT2D eigenvalue weighted by Crippen LogP contribution is -2.31. The van der Waals surface area contributed by atoms with E-state index < -0.39 is 0 Å². The zero-order valence-electron chi connectivity index (χ0n) is 18.3. The van der Waals surface area contributed by atoms with Crippen LogP contribution in [0.5, 0.6) is 0 Å². The molecule has 1 atom stereocenters. The minimum Gasteiger partial charge on any atom is -0.360 e. The van der Waals surface area contributed by atoms with E-state index in [-0.39, 0.29) is 17.9 Å². The number of carbonyl (C=O) groups excluding carboxylic acids is 1. The SMILES string of the molecule is CN1CCC(n2cc(-c3ccc4c(c3)C(C(=O)Nc3ccc(F)cc3)=C3NC3N4)cn2)CC1. The van der Waals surface area contributed by atoms with E-state index in [1.807, 2.05) is 18.3 Å². The van der Waals surface area contributed by atoms with Crippen LogP contribution in [-0.4, -0.2) is 46.9 Å². The molecule has 0 bridgehead atoms. The predicted octanol–water partition coefficient (Wildman–Crippen LogP) is 3.66. The Morgan fingerprint density at radius 3 is 2.67 bits per heavy atom. The lowest BCUT2D eigenvalue weighted by Gasteiger charge is -2.28. The van der Waals surface area contributed by atoms with E-state index in [9.17, 15) is 9.18 Å². The number of hydrogen-bond donors (Lipinski definition) is 3. The Hall–Kier alpha value is -3.65. The maximum absolute atomic E-state index is 13.2. The van der Waals surface area contributed by atoms with Crippen LogP contribution in [0.15, 0.2) is 60.6 Å². The van der Waals surface area contributed by atoms with Crippen molar-refractivity contribution < 1.29 is 9.18 Å². The van der Waals surface area contributed by atoms with E-state index in [0.717, 1.165) is 54.0 Å². The van der Waals surface area contributed by atoms with Crippen LogP contribution in [0.4, 0.5) is 15.8 Å². The molecule has 2 fully saturated rings. The van der Waals surface area contributed by atoms with Crippen molar-refractivity contribution >= 4 is 22.9 Å². The molecule has 33 heavy (non-hydrogen) atoms. The number of carbonyl (C=O) groups is 1. The quantitative estimate of drug-likeness (QED) is 0.535. The first-order chi connectivity index (χ1) is 16.0. The fourth-order valence-electron chi connectivity index (χ4n) is 4.71. The number of likely N-dealkylation sites (tertiary alicyclic amines) is 1. The highest BCUT2D eigenvalue weighted by Gasteiger charge is 2.40. The first-order valence-electron chi connectivity index (χ1n) is 11.3. The molecular formula is C25H25FN6O. The smallest absolute Gasteiger partial charge is 0.258 e. The Labute approximate surface area is 191 Å². The maximum atomic E-state index is 13.2. The summed E-state index contributed by atoms with van der Waals surface area (Å²) in [6.07, 6.45) is 6.18. The molecule has 3 N–H and O–H groups in total. The van der Waals surface area contributed by atoms with E-state index in [4.69, 9.17) is 0 Å². The maximum Gasteiger partial charge on any atom is 0.258 e. The topological polar surface area (TPSA) is 84.1 Å². The van der Waals surface area contributed by atoms with E-state index >= 15 is 0 Å². The van der Waals surface area contributed by atoms with Gasteiger partial charge in [-0.3, -0.25) is 9.48 Å². The molecule has 168 valence electrons. The Morgan fingerprint density at radius 1 is 1.09 bits per heavy atom. The zero-order chi connectivity index (χ0) is 22.5. The highest BCUT2D eigenvalue weighted by molar-refractivity contribution is 6.28. The molecule has 2 aromatic carbocycles. The standard InChI is InChI=1S/C25H25FN6O/c1-31-10-8-19(9-11-31)32-14-16(13-27-32)15-2-7-21-20(12-15)22(23-24(29-21)30-23)25(33)28-18-5-3-17(26)4-6-18/h2-7,12-14,19,24,29-30H,8-11H2,1H3,(H,28,33). The monoisotopic (exact) mass is 444 g/mol. The number of nitrogens with one attached hydrogen (secondary N) is 3. The Morgan fingerprint density at radius 2 is 1.88 bits per heavy atom. The van der Waals surface area contributed by atoms with Crippen LogP contribution >= 0.6 is 0 Å². The van der Waals surface area contributed by atoms with Gasteiger partial charge in [-0.15, -0.1) is 0 Å². The van der Waals surface area contributed by atoms with Crippen LogP contribution in [0.3, 0.4) is 0 Å². The van der Waals surface area contributed by atoms with Crippen molar-refractivity contribution in [2.45, 2.75) is 25.0 Å². The molecule has 3 aliphatic heterocycles. The normalized spacial score (nSPS) is 19.9. The van der Waals surface area contributed by atoms with Crippen LogP contribution in [0.25, 0.3) is 16.7 Å². The van der Waals surface area contributed by atoms with E-state index in [2.05, 4.69) is 49.9 Å². The van der Waals surface area contributed by atoms with Crippen molar-refractivity contribution in [1.82, 2.24) is 20.0 Å². The summed E-state index contributed by atoms with van der Waals surface area (Å²) in [6, 6.07) is 12.3. The molecule has 7 nitrogen and oxygen atoms in total. The van der Waals surface area contributed by atoms with Crippen LogP contribution in [0, 0.1) is 5.82 Å². The molecule has 0 spiro atoms. The lowest BCUT2D eigenvalue weighted by atomic mass is 9.95. The number of aromatic nitrogens is 2. The molecular weight excluding hydrogens is 419 g/mol. The van der Waals surface area contributed by atoms with Crippen molar-refractivity contribution in [3.05, 3.63) is 71.9 Å². The van der Waals surface area contributed by atoms with Crippen molar-refractivity contribution in [3.63, 3.8) is 0 Å². The number of halogens is 1. The van der Waals surface area contributed by atoms with Crippen molar-refractivity contribution in [1.29, 1.82) is 0 Å². The summed E-state index contributed by atoms with van der Waals surface area (Å²) in [7, 11) is 2.16. The average Bonchev–Trinajstić information content (AvgIpc) is 3.41. The van der Waals surface area contributed by atoms with E-state index in [1.54, 1.807) is 12.1 Å². The number of amides is 1. The third-order valence-corrected chi connectivity index (χ3v) is 6.69. The molecule has 1 aromatic heterocycles. The molecule has 8 heteroatoms. The minimum absolute atomic E-state index is 0.0236. The first kappa shape index (κ1) is 20.0. The third kappa shape index (κ3) is 3.76. The molecule has 3 aliphatic rings. The number of anilines is 2. The van der Waals surface area contributed by atoms with Gasteiger partial charge < -0.3 is 20.9 Å². The number of fused-ring (bicyclic) bond motifs is 2. The van der Waals surface area contributed by atoms with Gasteiger partial charge in [0.05, 0.1) is 23.5 Å². The van der Waals surface area contributed by atoms with Crippen LogP contribution in [-0.2, 0) is 4.79 Å². The highest BCUT2D eigenvalue weighted by atomic mass is 19.1. The lowest BCUT2D eigenvalue weighted by molar-refractivity contribution is -0.111. The van der Waals surface area contributed by atoms with Gasteiger partial charge in [0.25, 0.3) is 5.91 Å². The van der Waals surface area contributed by atoms with Crippen LogP contribution in [0.2, 0.25) is 0 Å². The second-order valence-electron chi connectivity index (χ2n) is 8.98. The molecule has 6 rings (SSSR count). The van der Waals surface area contributed by atoms with Gasteiger partial charge in [0.1, 0.15) is 12.0 Å². The summed E-state index contributed by atoms with van der Waals surface area (Å²) in [5.41, 5.74) is 5.85. The summed E-state index contributed by atoms with van der Waals surface area (Å²) in [6.45, 7) is 2.16. The second kappa shape index (κ2) is 7.74. The molecule has 4 heterocycles. The Kier molecular flexibility index (Phi) is 4.69. The van der Waals surface area contributed by atoms with Gasteiger partial charge in [-0.1, -0.05) is 6.07 Å². The van der Waals surface area contributed by atoms with Crippen molar-refractivity contribution in [3.8, 4) is 11.1 Å². The third-order valence-electron chi connectivity index (χ3n) is 6.69. The van der Waals surface area contributed by atoms with Crippen molar-refractivity contribution in [2.24, 2.45) is 0 Å². The fraction of sp³-hybridized carbons (Fsp3) is 0.280. The summed E-state index contributed by atoms with van der Waals surface area (Å²) in [4.78, 5) is 15.5. The van der Waals surface area contributed by atoms with Crippen LogP contribution < -0.4 is 16.0 Å². The van der Waals surface area contributed by atoms with Crippen LogP contribution in [0.1, 0.15) is 24.4 Å². The van der Waals surface area contributed by atoms with Gasteiger partial charge in [0, 0.05) is 28.7 Å².